The molecule has 0 aliphatic carbocycles. The summed E-state index contributed by atoms with van der Waals surface area (Å²) in [6, 6.07) is 10.8. The van der Waals surface area contributed by atoms with E-state index in [-0.39, 0.29) is 29.5 Å². The zero-order chi connectivity index (χ0) is 16.8. The van der Waals surface area contributed by atoms with Gasteiger partial charge in [0.2, 0.25) is 0 Å². The van der Waals surface area contributed by atoms with Gasteiger partial charge >= 0.3 is 5.97 Å². The van der Waals surface area contributed by atoms with Crippen LogP contribution in [0.3, 0.4) is 0 Å². The number of rotatable bonds is 6. The standard InChI is InChI=1S/C15H11BrClNO5/c16-10-1-4-12(5-2-10)22-7-8-23-15(19)13-9-11(18(20)21)3-6-14(13)17/h1-6,9H,7-8H2. The molecule has 0 amide bonds. The monoisotopic (exact) mass is 399 g/mol. The van der Waals surface area contributed by atoms with E-state index in [0.29, 0.717) is 5.75 Å². The maximum atomic E-state index is 11.9. The van der Waals surface area contributed by atoms with Crippen LogP contribution in [-0.2, 0) is 4.74 Å². The molecule has 2 aromatic carbocycles. The molecule has 23 heavy (non-hydrogen) atoms. The average Bonchev–Trinajstić information content (AvgIpc) is 2.53. The molecule has 120 valence electrons. The summed E-state index contributed by atoms with van der Waals surface area (Å²) in [5, 5.41) is 10.8. The Morgan fingerprint density at radius 1 is 1.17 bits per heavy atom. The first-order valence-electron chi connectivity index (χ1n) is 6.47. The zero-order valence-electron chi connectivity index (χ0n) is 11.7. The van der Waals surface area contributed by atoms with E-state index in [0.717, 1.165) is 10.5 Å². The molecule has 0 aliphatic rings. The van der Waals surface area contributed by atoms with Crippen molar-refractivity contribution in [3.63, 3.8) is 0 Å². The van der Waals surface area contributed by atoms with Gasteiger partial charge in [-0.3, -0.25) is 10.1 Å². The van der Waals surface area contributed by atoms with Crippen molar-refractivity contribution in [2.75, 3.05) is 13.2 Å². The van der Waals surface area contributed by atoms with Crippen molar-refractivity contribution in [1.29, 1.82) is 0 Å². The minimum absolute atomic E-state index is 0.00603. The van der Waals surface area contributed by atoms with Crippen molar-refractivity contribution in [1.82, 2.24) is 0 Å². The minimum Gasteiger partial charge on any atom is -0.490 e. The van der Waals surface area contributed by atoms with Crippen molar-refractivity contribution in [3.8, 4) is 5.75 Å². The second kappa shape index (κ2) is 7.94. The molecule has 0 radical (unpaired) electrons. The van der Waals surface area contributed by atoms with Crippen LogP contribution < -0.4 is 4.74 Å². The number of carbonyl (C=O) groups is 1. The van der Waals surface area contributed by atoms with Gasteiger partial charge in [-0.1, -0.05) is 27.5 Å². The summed E-state index contributed by atoms with van der Waals surface area (Å²) >= 11 is 9.17. The molecule has 0 saturated heterocycles. The smallest absolute Gasteiger partial charge is 0.340 e. The second-order valence-corrected chi connectivity index (χ2v) is 5.68. The van der Waals surface area contributed by atoms with Crippen LogP contribution in [0.5, 0.6) is 5.75 Å². The van der Waals surface area contributed by atoms with Gasteiger partial charge in [-0.05, 0) is 30.3 Å². The lowest BCUT2D eigenvalue weighted by Crippen LogP contribution is -2.13. The van der Waals surface area contributed by atoms with Crippen molar-refractivity contribution in [3.05, 3.63) is 67.6 Å². The molecule has 0 unspecified atom stereocenters. The fourth-order valence-electron chi connectivity index (χ4n) is 1.69. The molecule has 0 spiro atoms. The summed E-state index contributed by atoms with van der Waals surface area (Å²) in [7, 11) is 0. The van der Waals surface area contributed by atoms with Gasteiger partial charge in [0.15, 0.2) is 0 Å². The third kappa shape index (κ3) is 4.94. The molecule has 0 heterocycles. The van der Waals surface area contributed by atoms with Gasteiger partial charge in [0, 0.05) is 16.6 Å². The molecule has 0 fully saturated rings. The van der Waals surface area contributed by atoms with Gasteiger partial charge in [0.1, 0.15) is 19.0 Å². The topological polar surface area (TPSA) is 78.7 Å². The summed E-state index contributed by atoms with van der Waals surface area (Å²) in [6.07, 6.45) is 0. The Morgan fingerprint density at radius 2 is 1.87 bits per heavy atom. The fraction of sp³-hybridized carbons (Fsp3) is 0.133. The summed E-state index contributed by atoms with van der Waals surface area (Å²) in [4.78, 5) is 22.0. The highest BCUT2D eigenvalue weighted by Gasteiger charge is 2.17. The maximum absolute atomic E-state index is 11.9. The van der Waals surface area contributed by atoms with Gasteiger partial charge in [-0.25, -0.2) is 4.79 Å². The number of ether oxygens (including phenoxy) is 2. The van der Waals surface area contributed by atoms with Crippen LogP contribution in [0.2, 0.25) is 5.02 Å². The van der Waals surface area contributed by atoms with Crippen LogP contribution in [0.1, 0.15) is 10.4 Å². The van der Waals surface area contributed by atoms with E-state index >= 15 is 0 Å². The Bertz CT molecular complexity index is 720. The Labute approximate surface area is 145 Å². The largest absolute Gasteiger partial charge is 0.490 e. The summed E-state index contributed by atoms with van der Waals surface area (Å²) in [5.41, 5.74) is -0.281. The fourth-order valence-corrected chi connectivity index (χ4v) is 2.14. The average molecular weight is 401 g/mol. The molecule has 6 nitrogen and oxygen atoms in total. The number of hydrogen-bond donors (Lipinski definition) is 0. The number of nitro groups is 1. The number of non-ortho nitro benzene ring substituents is 1. The number of halogens is 2. The quantitative estimate of drug-likeness (QED) is 0.313. The zero-order valence-corrected chi connectivity index (χ0v) is 14.0. The van der Waals surface area contributed by atoms with Crippen LogP contribution in [0.4, 0.5) is 5.69 Å². The Morgan fingerprint density at radius 3 is 2.52 bits per heavy atom. The van der Waals surface area contributed by atoms with Crippen LogP contribution >= 0.6 is 27.5 Å². The van der Waals surface area contributed by atoms with Crippen LogP contribution in [0.25, 0.3) is 0 Å². The van der Waals surface area contributed by atoms with Gasteiger partial charge < -0.3 is 9.47 Å². The molecule has 0 bridgehead atoms. The molecule has 0 aliphatic heterocycles. The molecule has 2 rings (SSSR count). The Balaban J connectivity index is 1.88. The number of hydrogen-bond acceptors (Lipinski definition) is 5. The van der Waals surface area contributed by atoms with E-state index < -0.39 is 10.9 Å². The third-order valence-electron chi connectivity index (χ3n) is 2.78. The minimum atomic E-state index is -0.738. The molecule has 2 aromatic rings. The van der Waals surface area contributed by atoms with Gasteiger partial charge in [0.05, 0.1) is 15.5 Å². The molecular formula is C15H11BrClNO5. The summed E-state index contributed by atoms with van der Waals surface area (Å²) < 4.78 is 11.3. The van der Waals surface area contributed by atoms with Crippen molar-refractivity contribution < 1.29 is 19.2 Å². The lowest BCUT2D eigenvalue weighted by atomic mass is 10.2. The third-order valence-corrected chi connectivity index (χ3v) is 3.64. The predicted molar refractivity (Wildman–Crippen MR) is 88.0 cm³/mol. The lowest BCUT2D eigenvalue weighted by Gasteiger charge is -2.08. The molecule has 0 atom stereocenters. The summed E-state index contributed by atoms with van der Waals surface area (Å²) in [5.74, 6) is -0.101. The van der Waals surface area contributed by atoms with E-state index in [1.54, 1.807) is 12.1 Å². The second-order valence-electron chi connectivity index (χ2n) is 4.36. The first-order chi connectivity index (χ1) is 11.0. The van der Waals surface area contributed by atoms with Crippen LogP contribution in [-0.4, -0.2) is 24.1 Å². The number of carbonyl (C=O) groups excluding carboxylic acids is 1. The molecule has 0 saturated carbocycles. The van der Waals surface area contributed by atoms with Gasteiger partial charge in [-0.2, -0.15) is 0 Å². The highest BCUT2D eigenvalue weighted by molar-refractivity contribution is 9.10. The van der Waals surface area contributed by atoms with E-state index in [1.807, 2.05) is 12.1 Å². The predicted octanol–water partition coefficient (Wildman–Crippen LogP) is 4.25. The molecule has 0 N–H and O–H groups in total. The van der Waals surface area contributed by atoms with Crippen molar-refractivity contribution in [2.45, 2.75) is 0 Å². The highest BCUT2D eigenvalue weighted by atomic mass is 79.9. The van der Waals surface area contributed by atoms with Crippen molar-refractivity contribution >= 4 is 39.2 Å². The highest BCUT2D eigenvalue weighted by Crippen LogP contribution is 2.22. The maximum Gasteiger partial charge on any atom is 0.340 e. The Kier molecular flexibility index (Phi) is 5.95. The number of benzene rings is 2. The number of esters is 1. The van der Waals surface area contributed by atoms with E-state index in [4.69, 9.17) is 21.1 Å². The number of nitrogens with zero attached hydrogens (tertiary/aromatic N) is 1. The number of nitro benzene ring substituents is 1. The Hall–Kier alpha value is -2.12. The van der Waals surface area contributed by atoms with E-state index in [1.165, 1.54) is 12.1 Å². The van der Waals surface area contributed by atoms with Gasteiger partial charge in [0.25, 0.3) is 5.69 Å². The molecular weight excluding hydrogens is 390 g/mol. The van der Waals surface area contributed by atoms with E-state index in [9.17, 15) is 14.9 Å². The lowest BCUT2D eigenvalue weighted by molar-refractivity contribution is -0.384. The summed E-state index contributed by atoms with van der Waals surface area (Å²) in [6.45, 7) is 0.147. The molecule has 0 aromatic heterocycles. The first-order valence-corrected chi connectivity index (χ1v) is 7.64. The SMILES string of the molecule is O=C(OCCOc1ccc(Br)cc1)c1cc([N+](=O)[O-])ccc1Cl. The normalized spacial score (nSPS) is 10.2. The van der Waals surface area contributed by atoms with Crippen LogP contribution in [0, 0.1) is 10.1 Å². The molecule has 8 heteroatoms. The van der Waals surface area contributed by atoms with Gasteiger partial charge in [-0.15, -0.1) is 0 Å². The van der Waals surface area contributed by atoms with Crippen molar-refractivity contribution in [2.24, 2.45) is 0 Å². The van der Waals surface area contributed by atoms with Crippen LogP contribution in [0.15, 0.2) is 46.9 Å². The first kappa shape index (κ1) is 17.2. The van der Waals surface area contributed by atoms with E-state index in [2.05, 4.69) is 15.9 Å².